The van der Waals surface area contributed by atoms with Crippen LogP contribution in [0.15, 0.2) is 41.0 Å². The maximum Gasteiger partial charge on any atom is 0.233 e. The van der Waals surface area contributed by atoms with Crippen LogP contribution >= 0.6 is 38.5 Å². The van der Waals surface area contributed by atoms with Crippen LogP contribution in [0.1, 0.15) is 0 Å². The Labute approximate surface area is 115 Å². The van der Waals surface area contributed by atoms with Crippen molar-refractivity contribution in [2.45, 2.75) is 0 Å². The summed E-state index contributed by atoms with van der Waals surface area (Å²) in [5.74, 6) is 1.26. The molecule has 0 aliphatic heterocycles. The Morgan fingerprint density at radius 2 is 1.94 bits per heavy atom. The summed E-state index contributed by atoms with van der Waals surface area (Å²) in [6.07, 6.45) is 1.56. The number of nitrogens with two attached hydrogens (primary N) is 1. The Morgan fingerprint density at radius 1 is 1.25 bits per heavy atom. The van der Waals surface area contributed by atoms with Gasteiger partial charge in [-0.3, -0.25) is 0 Å². The Hall–Kier alpha value is -0.820. The molecule has 0 amide bonds. The van der Waals surface area contributed by atoms with E-state index in [2.05, 4.69) is 43.5 Å². The molecule has 0 fully saturated rings. The summed E-state index contributed by atoms with van der Waals surface area (Å²) in [6, 6.07) is 9.50. The molecule has 5 heteroatoms. The smallest absolute Gasteiger partial charge is 0.233 e. The number of rotatable bonds is 2. The van der Waals surface area contributed by atoms with Crippen molar-refractivity contribution >= 4 is 44.2 Å². The summed E-state index contributed by atoms with van der Waals surface area (Å²) in [4.78, 5) is 4.10. The van der Waals surface area contributed by atoms with E-state index in [1.807, 2.05) is 24.3 Å². The maximum absolute atomic E-state index is 5.60. The summed E-state index contributed by atoms with van der Waals surface area (Å²) in [5, 5.41) is 0. The highest BCUT2D eigenvalue weighted by Gasteiger charge is 2.04. The number of ether oxygens (including phenoxy) is 1. The fourth-order valence-electron chi connectivity index (χ4n) is 1.13. The molecule has 16 heavy (non-hydrogen) atoms. The molecule has 0 radical (unpaired) electrons. The molecule has 0 aliphatic carbocycles. The number of pyridine rings is 1. The summed E-state index contributed by atoms with van der Waals surface area (Å²) in [5.41, 5.74) is 6.19. The normalized spacial score (nSPS) is 10.1. The number of benzene rings is 1. The molecule has 0 unspecified atom stereocenters. The average Bonchev–Trinajstić information content (AvgIpc) is 2.25. The third-order valence-corrected chi connectivity index (χ3v) is 3.14. The topological polar surface area (TPSA) is 48.1 Å². The van der Waals surface area contributed by atoms with E-state index in [1.165, 1.54) is 0 Å². The van der Waals surface area contributed by atoms with E-state index in [1.54, 1.807) is 12.3 Å². The van der Waals surface area contributed by atoms with Crippen LogP contribution in [0.25, 0.3) is 0 Å². The minimum Gasteiger partial charge on any atom is -0.438 e. The van der Waals surface area contributed by atoms with E-state index in [0.717, 1.165) is 13.8 Å². The van der Waals surface area contributed by atoms with E-state index in [9.17, 15) is 0 Å². The zero-order valence-electron chi connectivity index (χ0n) is 8.15. The Balaban J connectivity index is 2.23. The first-order chi connectivity index (χ1) is 7.65. The van der Waals surface area contributed by atoms with Gasteiger partial charge in [0.1, 0.15) is 5.75 Å². The molecule has 0 saturated carbocycles. The molecule has 0 saturated heterocycles. The van der Waals surface area contributed by atoms with Crippen molar-refractivity contribution in [2.75, 3.05) is 5.73 Å². The van der Waals surface area contributed by atoms with Crippen LogP contribution in [0.3, 0.4) is 0 Å². The largest absolute Gasteiger partial charge is 0.438 e. The van der Waals surface area contributed by atoms with Gasteiger partial charge in [-0.15, -0.1) is 0 Å². The van der Waals surface area contributed by atoms with Crippen LogP contribution in [-0.4, -0.2) is 4.98 Å². The molecule has 2 aromatic rings. The zero-order chi connectivity index (χ0) is 11.5. The average molecular weight is 391 g/mol. The van der Waals surface area contributed by atoms with Gasteiger partial charge in [0.05, 0.1) is 16.4 Å². The first kappa shape index (κ1) is 11.7. The van der Waals surface area contributed by atoms with Gasteiger partial charge >= 0.3 is 0 Å². The Kier molecular flexibility index (Phi) is 3.65. The second-order valence-corrected chi connectivity index (χ2v) is 5.21. The highest BCUT2D eigenvalue weighted by atomic mass is 127. The van der Waals surface area contributed by atoms with E-state index in [-0.39, 0.29) is 0 Å². The number of nitrogens with zero attached hydrogens (tertiary/aromatic N) is 1. The molecule has 0 atom stereocenters. The van der Waals surface area contributed by atoms with Crippen LogP contribution in [0, 0.1) is 3.57 Å². The van der Waals surface area contributed by atoms with Gasteiger partial charge in [0, 0.05) is 3.57 Å². The van der Waals surface area contributed by atoms with Gasteiger partial charge in [0.25, 0.3) is 0 Å². The van der Waals surface area contributed by atoms with E-state index >= 15 is 0 Å². The molecule has 2 rings (SSSR count). The fraction of sp³-hybridized carbons (Fsp3) is 0. The van der Waals surface area contributed by atoms with Crippen molar-refractivity contribution in [3.05, 3.63) is 44.6 Å². The lowest BCUT2D eigenvalue weighted by Crippen LogP contribution is -1.92. The lowest BCUT2D eigenvalue weighted by molar-refractivity contribution is 0.460. The van der Waals surface area contributed by atoms with Crippen LogP contribution < -0.4 is 10.5 Å². The second-order valence-electron chi connectivity index (χ2n) is 3.11. The summed E-state index contributed by atoms with van der Waals surface area (Å²) < 4.78 is 7.51. The lowest BCUT2D eigenvalue weighted by atomic mass is 10.3. The molecular formula is C11H8BrIN2O. The monoisotopic (exact) mass is 390 g/mol. The minimum absolute atomic E-state index is 0.510. The van der Waals surface area contributed by atoms with Gasteiger partial charge in [0.2, 0.25) is 5.88 Å². The molecule has 3 nitrogen and oxygen atoms in total. The SMILES string of the molecule is Nc1cnc(Oc2ccc(I)cc2)c(Br)c1. The predicted molar refractivity (Wildman–Crippen MR) is 75.6 cm³/mol. The Morgan fingerprint density at radius 3 is 2.56 bits per heavy atom. The molecule has 82 valence electrons. The van der Waals surface area contributed by atoms with E-state index < -0.39 is 0 Å². The molecule has 0 bridgehead atoms. The third kappa shape index (κ3) is 2.85. The van der Waals surface area contributed by atoms with E-state index in [4.69, 9.17) is 10.5 Å². The molecule has 2 N–H and O–H groups in total. The lowest BCUT2D eigenvalue weighted by Gasteiger charge is -2.06. The van der Waals surface area contributed by atoms with Gasteiger partial charge in [-0.2, -0.15) is 0 Å². The fourth-order valence-corrected chi connectivity index (χ4v) is 1.94. The highest BCUT2D eigenvalue weighted by molar-refractivity contribution is 14.1. The van der Waals surface area contributed by atoms with E-state index in [0.29, 0.717) is 11.6 Å². The van der Waals surface area contributed by atoms with Crippen LogP contribution in [0.5, 0.6) is 11.6 Å². The zero-order valence-corrected chi connectivity index (χ0v) is 11.9. The van der Waals surface area contributed by atoms with Crippen LogP contribution in [-0.2, 0) is 0 Å². The number of hydrogen-bond acceptors (Lipinski definition) is 3. The molecule has 0 spiro atoms. The standard InChI is InChI=1S/C11H8BrIN2O/c12-10-5-8(14)6-15-11(10)16-9-3-1-7(13)2-4-9/h1-6H,14H2. The summed E-state index contributed by atoms with van der Waals surface area (Å²) in [7, 11) is 0. The molecule has 1 aromatic heterocycles. The maximum atomic E-state index is 5.60. The summed E-state index contributed by atoms with van der Waals surface area (Å²) in [6.45, 7) is 0. The van der Waals surface area contributed by atoms with Gasteiger partial charge < -0.3 is 10.5 Å². The van der Waals surface area contributed by atoms with Gasteiger partial charge in [-0.25, -0.2) is 4.98 Å². The summed E-state index contributed by atoms with van der Waals surface area (Å²) >= 11 is 5.59. The van der Waals surface area contributed by atoms with Crippen molar-refractivity contribution in [2.24, 2.45) is 0 Å². The van der Waals surface area contributed by atoms with Crippen molar-refractivity contribution in [3.8, 4) is 11.6 Å². The molecule has 1 aromatic carbocycles. The first-order valence-electron chi connectivity index (χ1n) is 4.49. The molecule has 0 aliphatic rings. The van der Waals surface area contributed by atoms with Crippen LogP contribution in [0.2, 0.25) is 0 Å². The first-order valence-corrected chi connectivity index (χ1v) is 6.37. The Bertz CT molecular complexity index is 502. The van der Waals surface area contributed by atoms with Gasteiger partial charge in [0.15, 0.2) is 0 Å². The predicted octanol–water partition coefficient (Wildman–Crippen LogP) is 3.82. The van der Waals surface area contributed by atoms with Gasteiger partial charge in [-0.1, -0.05) is 0 Å². The minimum atomic E-state index is 0.510. The second kappa shape index (κ2) is 5.01. The van der Waals surface area contributed by atoms with Gasteiger partial charge in [-0.05, 0) is 68.9 Å². The number of aromatic nitrogens is 1. The van der Waals surface area contributed by atoms with Crippen molar-refractivity contribution in [3.63, 3.8) is 0 Å². The molecular weight excluding hydrogens is 383 g/mol. The van der Waals surface area contributed by atoms with Crippen molar-refractivity contribution < 1.29 is 4.74 Å². The third-order valence-electron chi connectivity index (χ3n) is 1.86. The van der Waals surface area contributed by atoms with Crippen molar-refractivity contribution in [1.29, 1.82) is 0 Å². The van der Waals surface area contributed by atoms with Crippen molar-refractivity contribution in [1.82, 2.24) is 4.98 Å². The quantitative estimate of drug-likeness (QED) is 0.793. The number of hydrogen-bond donors (Lipinski definition) is 1. The molecule has 1 heterocycles. The number of anilines is 1. The number of halogens is 2. The highest BCUT2D eigenvalue weighted by Crippen LogP contribution is 2.28. The van der Waals surface area contributed by atoms with Crippen LogP contribution in [0.4, 0.5) is 5.69 Å². The number of nitrogen functional groups attached to an aromatic ring is 1.